The van der Waals surface area contributed by atoms with Crippen LogP contribution in [0.2, 0.25) is 0 Å². The van der Waals surface area contributed by atoms with Crippen LogP contribution in [0.1, 0.15) is 34.1 Å². The van der Waals surface area contributed by atoms with Crippen LogP contribution >= 0.6 is 0 Å². The third-order valence-electron chi connectivity index (χ3n) is 4.27. The second-order valence-electron chi connectivity index (χ2n) is 6.03. The van der Waals surface area contributed by atoms with E-state index in [2.05, 4.69) is 37.5 Å². The fourth-order valence-corrected chi connectivity index (χ4v) is 2.84. The molecule has 1 rings (SSSR count). The lowest BCUT2D eigenvalue weighted by Gasteiger charge is -2.44. The van der Waals surface area contributed by atoms with Gasteiger partial charge < -0.3 is 10.5 Å². The van der Waals surface area contributed by atoms with Gasteiger partial charge in [-0.3, -0.25) is 9.80 Å². The predicted octanol–water partition coefficient (Wildman–Crippen LogP) is 1.15. The first-order chi connectivity index (χ1) is 8.43. The van der Waals surface area contributed by atoms with Gasteiger partial charge in [0.2, 0.25) is 0 Å². The van der Waals surface area contributed by atoms with Gasteiger partial charge in [0.05, 0.1) is 5.60 Å². The van der Waals surface area contributed by atoms with Crippen molar-refractivity contribution < 1.29 is 4.74 Å². The van der Waals surface area contributed by atoms with Crippen molar-refractivity contribution in [2.45, 2.75) is 51.8 Å². The van der Waals surface area contributed by atoms with E-state index in [0.717, 1.165) is 32.6 Å². The first-order valence-electron chi connectivity index (χ1n) is 7.16. The van der Waals surface area contributed by atoms with Gasteiger partial charge in [-0.1, -0.05) is 6.92 Å². The molecule has 4 nitrogen and oxygen atoms in total. The lowest BCUT2D eigenvalue weighted by atomic mass is 9.96. The summed E-state index contributed by atoms with van der Waals surface area (Å²) in [7, 11) is 1.78. The Labute approximate surface area is 112 Å². The summed E-state index contributed by atoms with van der Waals surface area (Å²) in [6.45, 7) is 14.1. The monoisotopic (exact) mass is 257 g/mol. The third kappa shape index (κ3) is 4.19. The minimum Gasteiger partial charge on any atom is -0.379 e. The van der Waals surface area contributed by atoms with Gasteiger partial charge in [0.25, 0.3) is 0 Å². The molecule has 1 aliphatic rings. The molecule has 0 aromatic heterocycles. The molecule has 1 saturated heterocycles. The molecular formula is C14H31N3O. The van der Waals surface area contributed by atoms with Crippen LogP contribution in [-0.2, 0) is 4.74 Å². The second kappa shape index (κ2) is 6.85. The first kappa shape index (κ1) is 15.9. The number of likely N-dealkylation sites (N-methyl/N-ethyl adjacent to an activating group) is 1. The Morgan fingerprint density at radius 3 is 2.50 bits per heavy atom. The maximum Gasteiger partial charge on any atom is 0.0638 e. The van der Waals surface area contributed by atoms with Crippen molar-refractivity contribution in [1.29, 1.82) is 0 Å². The molecule has 0 spiro atoms. The molecule has 2 N–H and O–H groups in total. The van der Waals surface area contributed by atoms with Gasteiger partial charge in [0.15, 0.2) is 0 Å². The van der Waals surface area contributed by atoms with Gasteiger partial charge in [0.1, 0.15) is 0 Å². The number of hydrogen-bond acceptors (Lipinski definition) is 4. The van der Waals surface area contributed by atoms with Crippen molar-refractivity contribution >= 4 is 0 Å². The van der Waals surface area contributed by atoms with Crippen molar-refractivity contribution in [1.82, 2.24) is 9.80 Å². The standard InChI is InChI=1S/C14H31N3O/c1-6-16-7-8-17(11-12(16)2)13(10-15)9-14(3,4)18-5/h12-13H,6-11,15H2,1-5H3. The summed E-state index contributed by atoms with van der Waals surface area (Å²) in [5.74, 6) is 0. The maximum atomic E-state index is 5.97. The molecule has 0 saturated carbocycles. The molecular weight excluding hydrogens is 226 g/mol. The lowest BCUT2D eigenvalue weighted by Crippen LogP contribution is -2.57. The summed E-state index contributed by atoms with van der Waals surface area (Å²) in [5.41, 5.74) is 5.88. The van der Waals surface area contributed by atoms with Gasteiger partial charge in [-0.05, 0) is 33.7 Å². The number of hydrogen-bond donors (Lipinski definition) is 1. The summed E-state index contributed by atoms with van der Waals surface area (Å²) in [5, 5.41) is 0. The van der Waals surface area contributed by atoms with Crippen LogP contribution in [-0.4, -0.2) is 67.3 Å². The minimum absolute atomic E-state index is 0.0881. The molecule has 1 aliphatic heterocycles. The van der Waals surface area contributed by atoms with E-state index in [1.54, 1.807) is 7.11 Å². The fourth-order valence-electron chi connectivity index (χ4n) is 2.84. The average molecular weight is 257 g/mol. The van der Waals surface area contributed by atoms with E-state index in [4.69, 9.17) is 10.5 Å². The molecule has 0 bridgehead atoms. The molecule has 18 heavy (non-hydrogen) atoms. The highest BCUT2D eigenvalue weighted by Crippen LogP contribution is 2.21. The van der Waals surface area contributed by atoms with E-state index in [1.165, 1.54) is 0 Å². The van der Waals surface area contributed by atoms with E-state index in [0.29, 0.717) is 18.6 Å². The molecule has 0 amide bonds. The quantitative estimate of drug-likeness (QED) is 0.775. The Hall–Kier alpha value is -0.160. The van der Waals surface area contributed by atoms with E-state index >= 15 is 0 Å². The molecule has 2 atom stereocenters. The third-order valence-corrected chi connectivity index (χ3v) is 4.27. The van der Waals surface area contributed by atoms with Crippen LogP contribution in [0.5, 0.6) is 0 Å². The van der Waals surface area contributed by atoms with Gasteiger partial charge in [-0.15, -0.1) is 0 Å². The van der Waals surface area contributed by atoms with Gasteiger partial charge in [-0.25, -0.2) is 0 Å². The van der Waals surface area contributed by atoms with Gasteiger partial charge in [0, 0.05) is 45.4 Å². The van der Waals surface area contributed by atoms with Crippen molar-refractivity contribution in [3.05, 3.63) is 0 Å². The van der Waals surface area contributed by atoms with Crippen LogP contribution in [0.3, 0.4) is 0 Å². The zero-order valence-corrected chi connectivity index (χ0v) is 12.8. The highest BCUT2D eigenvalue weighted by Gasteiger charge is 2.30. The van der Waals surface area contributed by atoms with E-state index in [1.807, 2.05) is 0 Å². The highest BCUT2D eigenvalue weighted by atomic mass is 16.5. The summed E-state index contributed by atoms with van der Waals surface area (Å²) >= 11 is 0. The van der Waals surface area contributed by atoms with Gasteiger partial charge in [-0.2, -0.15) is 0 Å². The molecule has 108 valence electrons. The van der Waals surface area contributed by atoms with Gasteiger partial charge >= 0.3 is 0 Å². The molecule has 0 aliphatic carbocycles. The predicted molar refractivity (Wildman–Crippen MR) is 76.8 cm³/mol. The van der Waals surface area contributed by atoms with Crippen molar-refractivity contribution in [2.24, 2.45) is 5.73 Å². The normalized spacial score (nSPS) is 25.3. The number of rotatable bonds is 6. The van der Waals surface area contributed by atoms with Crippen LogP contribution < -0.4 is 5.73 Å². The van der Waals surface area contributed by atoms with E-state index < -0.39 is 0 Å². The summed E-state index contributed by atoms with van der Waals surface area (Å²) in [6.07, 6.45) is 0.999. The topological polar surface area (TPSA) is 41.7 Å². The number of piperazine rings is 1. The number of ether oxygens (including phenoxy) is 1. The summed E-state index contributed by atoms with van der Waals surface area (Å²) < 4.78 is 5.54. The molecule has 2 unspecified atom stereocenters. The minimum atomic E-state index is -0.0881. The highest BCUT2D eigenvalue weighted by molar-refractivity contribution is 4.87. The Kier molecular flexibility index (Phi) is 6.05. The Bertz CT molecular complexity index is 245. The smallest absolute Gasteiger partial charge is 0.0638 e. The summed E-state index contributed by atoms with van der Waals surface area (Å²) in [6, 6.07) is 1.06. The second-order valence-corrected chi connectivity index (χ2v) is 6.03. The zero-order valence-electron chi connectivity index (χ0n) is 12.8. The number of methoxy groups -OCH3 is 1. The fraction of sp³-hybridized carbons (Fsp3) is 1.00. The SMILES string of the molecule is CCN1CCN(C(CN)CC(C)(C)OC)CC1C. The number of nitrogens with zero attached hydrogens (tertiary/aromatic N) is 2. The van der Waals surface area contributed by atoms with Crippen LogP contribution in [0.15, 0.2) is 0 Å². The zero-order chi connectivity index (χ0) is 13.8. The average Bonchev–Trinajstić information content (AvgIpc) is 2.36. The molecule has 0 aromatic rings. The van der Waals surface area contributed by atoms with Crippen molar-refractivity contribution in [3.8, 4) is 0 Å². The molecule has 1 heterocycles. The van der Waals surface area contributed by atoms with Crippen molar-refractivity contribution in [2.75, 3.05) is 39.8 Å². The first-order valence-corrected chi connectivity index (χ1v) is 7.16. The Balaban J connectivity index is 2.56. The Morgan fingerprint density at radius 1 is 1.39 bits per heavy atom. The molecule has 4 heteroatoms. The summed E-state index contributed by atoms with van der Waals surface area (Å²) in [4.78, 5) is 5.07. The van der Waals surface area contributed by atoms with Crippen LogP contribution in [0, 0.1) is 0 Å². The molecule has 0 radical (unpaired) electrons. The van der Waals surface area contributed by atoms with E-state index in [9.17, 15) is 0 Å². The van der Waals surface area contributed by atoms with Crippen LogP contribution in [0.25, 0.3) is 0 Å². The number of nitrogens with two attached hydrogens (primary N) is 1. The lowest BCUT2D eigenvalue weighted by molar-refractivity contribution is -0.0204. The molecule has 0 aromatic carbocycles. The largest absolute Gasteiger partial charge is 0.379 e. The Morgan fingerprint density at radius 2 is 2.06 bits per heavy atom. The molecule has 1 fully saturated rings. The van der Waals surface area contributed by atoms with E-state index in [-0.39, 0.29) is 5.60 Å². The van der Waals surface area contributed by atoms with Crippen LogP contribution in [0.4, 0.5) is 0 Å². The van der Waals surface area contributed by atoms with Crippen molar-refractivity contribution in [3.63, 3.8) is 0 Å². The maximum absolute atomic E-state index is 5.97.